The Morgan fingerprint density at radius 3 is 2.79 bits per heavy atom. The molecule has 4 nitrogen and oxygen atoms in total. The number of likely N-dealkylation sites (N-methyl/N-ethyl adjacent to an activating group) is 1. The van der Waals surface area contributed by atoms with Crippen molar-refractivity contribution in [2.45, 2.75) is 32.7 Å². The van der Waals surface area contributed by atoms with Crippen LogP contribution in [-0.4, -0.2) is 16.3 Å². The maximum Gasteiger partial charge on any atom is 0.121 e. The second-order valence-corrected chi connectivity index (χ2v) is 4.89. The zero-order valence-corrected chi connectivity index (χ0v) is 12.4. The topological polar surface area (TPSA) is 43.0 Å². The van der Waals surface area contributed by atoms with Gasteiger partial charge in [0, 0.05) is 13.5 Å². The molecule has 0 fully saturated rings. The summed E-state index contributed by atoms with van der Waals surface area (Å²) in [5, 5.41) is 8.65. The van der Waals surface area contributed by atoms with Crippen LogP contribution in [0.3, 0.4) is 0 Å². The van der Waals surface area contributed by atoms with Crippen LogP contribution in [0.2, 0.25) is 5.02 Å². The van der Waals surface area contributed by atoms with Crippen molar-refractivity contribution in [1.29, 1.82) is 0 Å². The van der Waals surface area contributed by atoms with Crippen LogP contribution in [0.5, 0.6) is 0 Å². The van der Waals surface area contributed by atoms with Crippen LogP contribution in [0.15, 0.2) is 22.8 Å². The number of rotatable bonds is 6. The van der Waals surface area contributed by atoms with Crippen molar-refractivity contribution in [3.63, 3.8) is 0 Å². The first kappa shape index (κ1) is 14.2. The van der Waals surface area contributed by atoms with Crippen LogP contribution in [0.4, 0.5) is 0 Å². The Morgan fingerprint density at radius 2 is 2.26 bits per heavy atom. The van der Waals surface area contributed by atoms with E-state index in [1.54, 1.807) is 6.26 Å². The molecule has 0 saturated heterocycles. The molecule has 0 spiro atoms. The highest BCUT2D eigenvalue weighted by molar-refractivity contribution is 6.31. The summed E-state index contributed by atoms with van der Waals surface area (Å²) in [4.78, 5) is 0. The second kappa shape index (κ2) is 6.26. The van der Waals surface area contributed by atoms with Crippen LogP contribution in [0.1, 0.15) is 37.0 Å². The van der Waals surface area contributed by atoms with Crippen molar-refractivity contribution in [3.05, 3.63) is 40.6 Å². The molecular weight excluding hydrogens is 262 g/mol. The average Bonchev–Trinajstić information content (AvgIpc) is 3.01. The van der Waals surface area contributed by atoms with Gasteiger partial charge in [0.15, 0.2) is 0 Å². The van der Waals surface area contributed by atoms with E-state index in [0.717, 1.165) is 41.6 Å². The lowest BCUT2D eigenvalue weighted by molar-refractivity contribution is 0.410. The number of furan rings is 1. The number of hydrogen-bond donors (Lipinski definition) is 1. The van der Waals surface area contributed by atoms with Crippen LogP contribution >= 0.6 is 11.6 Å². The Balaban J connectivity index is 2.24. The zero-order chi connectivity index (χ0) is 13.8. The van der Waals surface area contributed by atoms with E-state index in [2.05, 4.69) is 24.3 Å². The summed E-state index contributed by atoms with van der Waals surface area (Å²) in [5.41, 5.74) is 2.00. The Morgan fingerprint density at radius 1 is 1.47 bits per heavy atom. The number of hydrogen-bond acceptors (Lipinski definition) is 3. The van der Waals surface area contributed by atoms with Crippen LogP contribution < -0.4 is 5.32 Å². The van der Waals surface area contributed by atoms with Gasteiger partial charge in [-0.25, -0.2) is 0 Å². The minimum absolute atomic E-state index is 0.123. The van der Waals surface area contributed by atoms with Crippen molar-refractivity contribution in [3.8, 4) is 0 Å². The summed E-state index contributed by atoms with van der Waals surface area (Å²) in [6.07, 6.45) is 3.31. The Labute approximate surface area is 118 Å². The first-order chi connectivity index (χ1) is 9.17. The van der Waals surface area contributed by atoms with Gasteiger partial charge in [0.2, 0.25) is 0 Å². The SMILES string of the molecule is CCNC(Cc1c(Cl)c(CC)nn1C)c1ccco1. The highest BCUT2D eigenvalue weighted by atomic mass is 35.5. The molecule has 1 atom stereocenters. The monoisotopic (exact) mass is 281 g/mol. The summed E-state index contributed by atoms with van der Waals surface area (Å²) in [5.74, 6) is 0.928. The van der Waals surface area contributed by atoms with Gasteiger partial charge in [-0.15, -0.1) is 0 Å². The minimum Gasteiger partial charge on any atom is -0.468 e. The van der Waals surface area contributed by atoms with Crippen molar-refractivity contribution < 1.29 is 4.42 Å². The lowest BCUT2D eigenvalue weighted by Crippen LogP contribution is -2.23. The Kier molecular flexibility index (Phi) is 4.66. The van der Waals surface area contributed by atoms with Gasteiger partial charge in [-0.05, 0) is 25.1 Å². The highest BCUT2D eigenvalue weighted by Crippen LogP contribution is 2.26. The number of aromatic nitrogens is 2. The standard InChI is InChI=1S/C14H20ClN3O/c1-4-10-14(15)12(18(3)17-10)9-11(16-5-2)13-7-6-8-19-13/h6-8,11,16H,4-5,9H2,1-3H3. The fourth-order valence-electron chi connectivity index (χ4n) is 2.24. The summed E-state index contributed by atoms with van der Waals surface area (Å²) in [7, 11) is 1.94. The molecule has 0 aliphatic heterocycles. The van der Waals surface area contributed by atoms with E-state index in [-0.39, 0.29) is 6.04 Å². The van der Waals surface area contributed by atoms with E-state index in [1.807, 2.05) is 23.9 Å². The van der Waals surface area contributed by atoms with Crippen molar-refractivity contribution in [2.24, 2.45) is 7.05 Å². The molecule has 2 heterocycles. The molecule has 0 aliphatic carbocycles. The molecule has 19 heavy (non-hydrogen) atoms. The highest BCUT2D eigenvalue weighted by Gasteiger charge is 2.20. The van der Waals surface area contributed by atoms with E-state index in [0.29, 0.717) is 0 Å². The van der Waals surface area contributed by atoms with Gasteiger partial charge in [0.25, 0.3) is 0 Å². The predicted octanol–water partition coefficient (Wildman–Crippen LogP) is 3.12. The first-order valence-corrected chi connectivity index (χ1v) is 7.02. The maximum atomic E-state index is 6.39. The zero-order valence-electron chi connectivity index (χ0n) is 11.6. The molecule has 0 radical (unpaired) electrons. The number of aryl methyl sites for hydroxylation is 2. The van der Waals surface area contributed by atoms with Gasteiger partial charge in [0.05, 0.1) is 28.7 Å². The third-order valence-electron chi connectivity index (χ3n) is 3.24. The number of nitrogens with one attached hydrogen (secondary N) is 1. The first-order valence-electron chi connectivity index (χ1n) is 6.64. The van der Waals surface area contributed by atoms with Gasteiger partial charge in [-0.3, -0.25) is 4.68 Å². The van der Waals surface area contributed by atoms with Crippen LogP contribution in [-0.2, 0) is 19.9 Å². The molecule has 0 bridgehead atoms. The molecule has 2 aromatic rings. The Hall–Kier alpha value is -1.26. The molecular formula is C14H20ClN3O. The Bertz CT molecular complexity index is 519. The van der Waals surface area contributed by atoms with Crippen LogP contribution in [0, 0.1) is 0 Å². The lowest BCUT2D eigenvalue weighted by atomic mass is 10.1. The van der Waals surface area contributed by atoms with E-state index in [9.17, 15) is 0 Å². The fraction of sp³-hybridized carbons (Fsp3) is 0.500. The summed E-state index contributed by atoms with van der Waals surface area (Å²) in [6, 6.07) is 4.01. The third-order valence-corrected chi connectivity index (χ3v) is 3.67. The summed E-state index contributed by atoms with van der Waals surface area (Å²) < 4.78 is 7.37. The number of nitrogens with zero attached hydrogens (tertiary/aromatic N) is 2. The summed E-state index contributed by atoms with van der Waals surface area (Å²) in [6.45, 7) is 5.02. The molecule has 0 amide bonds. The number of halogens is 1. The predicted molar refractivity (Wildman–Crippen MR) is 76.4 cm³/mol. The third kappa shape index (κ3) is 3.01. The fourth-order valence-corrected chi connectivity index (χ4v) is 2.62. The minimum atomic E-state index is 0.123. The lowest BCUT2D eigenvalue weighted by Gasteiger charge is -2.15. The van der Waals surface area contributed by atoms with E-state index in [1.165, 1.54) is 0 Å². The molecule has 0 saturated carbocycles. The summed E-state index contributed by atoms with van der Waals surface area (Å²) >= 11 is 6.39. The van der Waals surface area contributed by atoms with E-state index < -0.39 is 0 Å². The largest absolute Gasteiger partial charge is 0.468 e. The molecule has 2 aromatic heterocycles. The normalized spacial score (nSPS) is 12.8. The van der Waals surface area contributed by atoms with Crippen LogP contribution in [0.25, 0.3) is 0 Å². The molecule has 1 unspecified atom stereocenters. The second-order valence-electron chi connectivity index (χ2n) is 4.51. The smallest absolute Gasteiger partial charge is 0.121 e. The molecule has 0 aromatic carbocycles. The molecule has 1 N–H and O–H groups in total. The van der Waals surface area contributed by atoms with Crippen molar-refractivity contribution >= 4 is 11.6 Å². The van der Waals surface area contributed by atoms with Crippen molar-refractivity contribution in [1.82, 2.24) is 15.1 Å². The van der Waals surface area contributed by atoms with Gasteiger partial charge < -0.3 is 9.73 Å². The van der Waals surface area contributed by atoms with Gasteiger partial charge >= 0.3 is 0 Å². The molecule has 0 aliphatic rings. The van der Waals surface area contributed by atoms with Gasteiger partial charge in [0.1, 0.15) is 5.76 Å². The van der Waals surface area contributed by atoms with E-state index in [4.69, 9.17) is 16.0 Å². The van der Waals surface area contributed by atoms with E-state index >= 15 is 0 Å². The van der Waals surface area contributed by atoms with Gasteiger partial charge in [-0.1, -0.05) is 25.4 Å². The van der Waals surface area contributed by atoms with Crippen molar-refractivity contribution in [2.75, 3.05) is 6.54 Å². The molecule has 104 valence electrons. The molecule has 5 heteroatoms. The van der Waals surface area contributed by atoms with Gasteiger partial charge in [-0.2, -0.15) is 5.10 Å². The molecule has 2 rings (SSSR count). The average molecular weight is 282 g/mol. The quantitative estimate of drug-likeness (QED) is 0.885. The maximum absolute atomic E-state index is 6.39.